The highest BCUT2D eigenvalue weighted by Gasteiger charge is 1.91. The zero-order chi connectivity index (χ0) is 6.41. The summed E-state index contributed by atoms with van der Waals surface area (Å²) in [6.07, 6.45) is 0.822. The van der Waals surface area contributed by atoms with Crippen LogP contribution in [0.15, 0.2) is 0 Å². The van der Waals surface area contributed by atoms with Crippen molar-refractivity contribution in [3.63, 3.8) is 0 Å². The van der Waals surface area contributed by atoms with Gasteiger partial charge in [-0.05, 0) is 17.4 Å². The zero-order valence-corrected chi connectivity index (χ0v) is 6.33. The van der Waals surface area contributed by atoms with Gasteiger partial charge in [-0.2, -0.15) is 11.8 Å². The average molecular weight is 133 g/mol. The van der Waals surface area contributed by atoms with Crippen molar-refractivity contribution in [3.8, 4) is 0 Å². The molecule has 0 fully saturated rings. The fourth-order valence-electron chi connectivity index (χ4n) is 0.378. The highest BCUT2D eigenvalue weighted by molar-refractivity contribution is 7.99. The molecule has 0 spiro atoms. The Morgan fingerprint density at radius 3 is 2.50 bits per heavy atom. The van der Waals surface area contributed by atoms with Crippen molar-refractivity contribution in [2.24, 2.45) is 0 Å². The van der Waals surface area contributed by atoms with E-state index in [4.69, 9.17) is 0 Å². The van der Waals surface area contributed by atoms with Gasteiger partial charge < -0.3 is 0 Å². The molecule has 0 bridgehead atoms. The van der Waals surface area contributed by atoms with Gasteiger partial charge in [-0.25, -0.2) is 5.11 Å². The summed E-state index contributed by atoms with van der Waals surface area (Å²) in [4.78, 5) is 0. The molecule has 0 aliphatic carbocycles. The first kappa shape index (κ1) is 8.31. The van der Waals surface area contributed by atoms with Crippen LogP contribution in [0.2, 0.25) is 0 Å². The molecule has 1 nitrogen and oxygen atoms in total. The molecule has 8 heavy (non-hydrogen) atoms. The van der Waals surface area contributed by atoms with E-state index in [-0.39, 0.29) is 6.61 Å². The quantitative estimate of drug-likeness (QED) is 0.537. The molecule has 0 N–H and O–H groups in total. The summed E-state index contributed by atoms with van der Waals surface area (Å²) in [5.41, 5.74) is 0. The highest BCUT2D eigenvalue weighted by atomic mass is 32.2. The smallest absolute Gasteiger partial charge is 0.0830 e. The molecule has 2 heteroatoms. The van der Waals surface area contributed by atoms with Crippen LogP contribution in [0.1, 0.15) is 20.3 Å². The average Bonchev–Trinajstić information content (AvgIpc) is 1.66. The second-order valence-electron chi connectivity index (χ2n) is 1.98. The van der Waals surface area contributed by atoms with Gasteiger partial charge in [0.15, 0.2) is 0 Å². The molecule has 0 unspecified atom stereocenters. The summed E-state index contributed by atoms with van der Waals surface area (Å²) in [5.74, 6) is 1.03. The van der Waals surface area contributed by atoms with Gasteiger partial charge in [0.2, 0.25) is 0 Å². The Morgan fingerprint density at radius 1 is 1.50 bits per heavy atom. The summed E-state index contributed by atoms with van der Waals surface area (Å²) in [6, 6.07) is 0. The van der Waals surface area contributed by atoms with Gasteiger partial charge in [0, 0.05) is 0 Å². The Morgan fingerprint density at radius 2 is 2.12 bits per heavy atom. The summed E-state index contributed by atoms with van der Waals surface area (Å²) in [5, 5.41) is 10.6. The SMILES string of the molecule is CC(C)SCCC[O]. The third kappa shape index (κ3) is 6.31. The Bertz CT molecular complexity index is 45.8. The first-order chi connectivity index (χ1) is 3.77. The molecule has 0 atom stereocenters. The Kier molecular flexibility index (Phi) is 5.66. The molecule has 49 valence electrons. The number of thioether (sulfide) groups is 1. The summed E-state index contributed by atoms with van der Waals surface area (Å²) >= 11 is 1.86. The second kappa shape index (κ2) is 5.45. The van der Waals surface area contributed by atoms with Gasteiger partial charge in [-0.3, -0.25) is 0 Å². The van der Waals surface area contributed by atoms with Gasteiger partial charge in [0.1, 0.15) is 0 Å². The van der Waals surface area contributed by atoms with Crippen LogP contribution in [0.25, 0.3) is 0 Å². The molecule has 0 aromatic heterocycles. The first-order valence-electron chi connectivity index (χ1n) is 2.97. The van der Waals surface area contributed by atoms with Crippen molar-refractivity contribution in [3.05, 3.63) is 0 Å². The number of hydrogen-bond acceptors (Lipinski definition) is 1. The van der Waals surface area contributed by atoms with E-state index in [1.54, 1.807) is 0 Å². The molecule has 0 saturated carbocycles. The van der Waals surface area contributed by atoms with Crippen molar-refractivity contribution in [1.82, 2.24) is 0 Å². The standard InChI is InChI=1S/C6H13OS/c1-6(2)8-5-3-4-7/h6H,3-5H2,1-2H3. The lowest BCUT2D eigenvalue weighted by Crippen LogP contribution is -1.90. The monoisotopic (exact) mass is 133 g/mol. The van der Waals surface area contributed by atoms with Crippen LogP contribution >= 0.6 is 11.8 Å². The van der Waals surface area contributed by atoms with Crippen LogP contribution in [0.3, 0.4) is 0 Å². The number of hydrogen-bond donors (Lipinski definition) is 0. The topological polar surface area (TPSA) is 19.9 Å². The van der Waals surface area contributed by atoms with Crippen molar-refractivity contribution < 1.29 is 5.11 Å². The van der Waals surface area contributed by atoms with Crippen LogP contribution < -0.4 is 0 Å². The van der Waals surface area contributed by atoms with E-state index in [0.717, 1.165) is 12.2 Å². The second-order valence-corrected chi connectivity index (χ2v) is 3.66. The molecule has 0 aromatic rings. The largest absolute Gasteiger partial charge is 0.237 e. The predicted octanol–water partition coefficient (Wildman–Crippen LogP) is 1.95. The summed E-state index contributed by atoms with van der Waals surface area (Å²) in [7, 11) is 0. The minimum Gasteiger partial charge on any atom is -0.237 e. The Balaban J connectivity index is 2.72. The van der Waals surface area contributed by atoms with Gasteiger partial charge in [-0.1, -0.05) is 13.8 Å². The van der Waals surface area contributed by atoms with E-state index >= 15 is 0 Å². The fourth-order valence-corrected chi connectivity index (χ4v) is 1.13. The molecule has 0 aromatic carbocycles. The summed E-state index contributed by atoms with van der Waals surface area (Å²) < 4.78 is 0. The third-order valence-corrected chi connectivity index (χ3v) is 1.93. The van der Waals surface area contributed by atoms with Crippen molar-refractivity contribution >= 4 is 11.8 Å². The lowest BCUT2D eigenvalue weighted by molar-refractivity contribution is 0.194. The lowest BCUT2D eigenvalue weighted by atomic mass is 10.5. The molecule has 0 heterocycles. The van der Waals surface area contributed by atoms with E-state index in [2.05, 4.69) is 13.8 Å². The van der Waals surface area contributed by atoms with Crippen LogP contribution in [-0.4, -0.2) is 17.6 Å². The lowest BCUT2D eigenvalue weighted by Gasteiger charge is -2.00. The minimum absolute atomic E-state index is 0.0831. The highest BCUT2D eigenvalue weighted by Crippen LogP contribution is 2.09. The van der Waals surface area contributed by atoms with E-state index in [0.29, 0.717) is 5.25 Å². The maximum absolute atomic E-state index is 9.90. The molecular weight excluding hydrogens is 120 g/mol. The Hall–Kier alpha value is 0.310. The number of rotatable bonds is 4. The van der Waals surface area contributed by atoms with Gasteiger partial charge >= 0.3 is 0 Å². The van der Waals surface area contributed by atoms with E-state index in [1.165, 1.54) is 0 Å². The maximum Gasteiger partial charge on any atom is 0.0830 e. The van der Waals surface area contributed by atoms with Gasteiger partial charge in [0.05, 0.1) is 6.61 Å². The molecule has 1 radical (unpaired) electrons. The molecule has 0 saturated heterocycles. The summed E-state index contributed by atoms with van der Waals surface area (Å²) in [6.45, 7) is 4.38. The molecule has 0 aliphatic rings. The fraction of sp³-hybridized carbons (Fsp3) is 1.00. The van der Waals surface area contributed by atoms with Crippen LogP contribution in [0.5, 0.6) is 0 Å². The normalized spacial score (nSPS) is 10.5. The predicted molar refractivity (Wildman–Crippen MR) is 37.8 cm³/mol. The molecule has 0 rings (SSSR count). The molecular formula is C6H13OS. The minimum atomic E-state index is 0.0831. The van der Waals surface area contributed by atoms with Crippen molar-refractivity contribution in [1.29, 1.82) is 0 Å². The maximum atomic E-state index is 9.90. The molecule has 0 aliphatic heterocycles. The first-order valence-corrected chi connectivity index (χ1v) is 4.02. The van der Waals surface area contributed by atoms with Gasteiger partial charge in [-0.15, -0.1) is 0 Å². The molecule has 0 amide bonds. The van der Waals surface area contributed by atoms with Gasteiger partial charge in [0.25, 0.3) is 0 Å². The van der Waals surface area contributed by atoms with E-state index < -0.39 is 0 Å². The zero-order valence-electron chi connectivity index (χ0n) is 5.52. The van der Waals surface area contributed by atoms with Crippen LogP contribution in [0, 0.1) is 0 Å². The van der Waals surface area contributed by atoms with Crippen molar-refractivity contribution in [2.45, 2.75) is 25.5 Å². The van der Waals surface area contributed by atoms with E-state index in [9.17, 15) is 5.11 Å². The van der Waals surface area contributed by atoms with E-state index in [1.807, 2.05) is 11.8 Å². The Labute approximate surface area is 55.5 Å². The van der Waals surface area contributed by atoms with Crippen LogP contribution in [0.4, 0.5) is 0 Å². The van der Waals surface area contributed by atoms with Crippen LogP contribution in [-0.2, 0) is 5.11 Å². The van der Waals surface area contributed by atoms with Crippen molar-refractivity contribution in [2.75, 3.05) is 12.4 Å². The third-order valence-electron chi connectivity index (χ3n) is 0.740.